The Morgan fingerprint density at radius 3 is 3.00 bits per heavy atom. The summed E-state index contributed by atoms with van der Waals surface area (Å²) in [6.07, 6.45) is 0. The van der Waals surface area contributed by atoms with E-state index in [1.165, 1.54) is 4.90 Å². The molecule has 0 bridgehead atoms. The summed E-state index contributed by atoms with van der Waals surface area (Å²) >= 11 is 5.98. The van der Waals surface area contributed by atoms with Gasteiger partial charge in [0.05, 0.1) is 0 Å². The molecule has 1 aromatic carbocycles. The number of hydrogen-bond donors (Lipinski definition) is 1. The number of rotatable bonds is 1. The minimum atomic E-state index is -0.498. The number of halogens is 1. The number of benzene rings is 1. The zero-order valence-corrected chi connectivity index (χ0v) is 12.5. The van der Waals surface area contributed by atoms with Crippen LogP contribution in [0.15, 0.2) is 22.6 Å². The van der Waals surface area contributed by atoms with Crippen LogP contribution in [0.1, 0.15) is 23.0 Å². The van der Waals surface area contributed by atoms with Gasteiger partial charge in [0.2, 0.25) is 5.91 Å². The molecule has 1 atom stereocenters. The molecule has 2 aromatic rings. The number of piperazine rings is 1. The normalized spacial score (nSPS) is 18.9. The maximum atomic E-state index is 12.7. The van der Waals surface area contributed by atoms with Gasteiger partial charge in [-0.3, -0.25) is 9.59 Å². The molecule has 1 aliphatic rings. The Balaban J connectivity index is 2.01. The lowest BCUT2D eigenvalue weighted by molar-refractivity contribution is -0.127. The molecular formula is C15H15ClN2O3. The third-order valence-corrected chi connectivity index (χ3v) is 4.09. The Kier molecular flexibility index (Phi) is 3.37. The quantitative estimate of drug-likeness (QED) is 0.879. The van der Waals surface area contributed by atoms with Gasteiger partial charge in [-0.05, 0) is 32.0 Å². The monoisotopic (exact) mass is 306 g/mol. The molecule has 1 saturated heterocycles. The van der Waals surface area contributed by atoms with E-state index in [9.17, 15) is 9.59 Å². The smallest absolute Gasteiger partial charge is 0.290 e. The van der Waals surface area contributed by atoms with Crippen LogP contribution in [0.3, 0.4) is 0 Å². The zero-order chi connectivity index (χ0) is 15.1. The van der Waals surface area contributed by atoms with Gasteiger partial charge in [0.1, 0.15) is 11.6 Å². The fraction of sp³-hybridized carbons (Fsp3) is 0.333. The van der Waals surface area contributed by atoms with Crippen LogP contribution < -0.4 is 5.32 Å². The first kappa shape index (κ1) is 13.9. The van der Waals surface area contributed by atoms with Gasteiger partial charge < -0.3 is 14.6 Å². The predicted molar refractivity (Wildman–Crippen MR) is 79.5 cm³/mol. The van der Waals surface area contributed by atoms with Crippen LogP contribution in [0.25, 0.3) is 11.0 Å². The lowest BCUT2D eigenvalue weighted by atomic mass is 10.1. The predicted octanol–water partition coefficient (Wildman–Crippen LogP) is 2.36. The molecule has 5 nitrogen and oxygen atoms in total. The van der Waals surface area contributed by atoms with Crippen LogP contribution >= 0.6 is 11.6 Å². The van der Waals surface area contributed by atoms with Crippen molar-refractivity contribution < 1.29 is 14.0 Å². The summed E-state index contributed by atoms with van der Waals surface area (Å²) < 4.78 is 5.67. The Morgan fingerprint density at radius 2 is 2.24 bits per heavy atom. The number of carbonyl (C=O) groups excluding carboxylic acids is 2. The lowest BCUT2D eigenvalue weighted by Gasteiger charge is -2.32. The van der Waals surface area contributed by atoms with Crippen molar-refractivity contribution in [1.82, 2.24) is 10.2 Å². The van der Waals surface area contributed by atoms with Crippen molar-refractivity contribution in [3.05, 3.63) is 34.5 Å². The van der Waals surface area contributed by atoms with E-state index in [4.69, 9.17) is 16.0 Å². The average molecular weight is 307 g/mol. The van der Waals surface area contributed by atoms with Gasteiger partial charge in [0.15, 0.2) is 5.76 Å². The Bertz CT molecular complexity index is 738. The SMILES string of the molecule is Cc1c(C(=O)N2CCNC(=O)C2C)oc2ccc(Cl)cc12. The van der Waals surface area contributed by atoms with Crippen molar-refractivity contribution in [1.29, 1.82) is 0 Å². The van der Waals surface area contributed by atoms with E-state index in [0.29, 0.717) is 23.7 Å². The molecule has 3 rings (SSSR count). The van der Waals surface area contributed by atoms with Crippen molar-refractivity contribution in [2.75, 3.05) is 13.1 Å². The summed E-state index contributed by atoms with van der Waals surface area (Å²) in [7, 11) is 0. The minimum absolute atomic E-state index is 0.147. The number of amides is 2. The molecule has 0 aliphatic carbocycles. The topological polar surface area (TPSA) is 62.6 Å². The Hall–Kier alpha value is -2.01. The molecule has 1 fully saturated rings. The molecule has 1 unspecified atom stereocenters. The van der Waals surface area contributed by atoms with Gasteiger partial charge in [0, 0.05) is 29.1 Å². The number of nitrogens with one attached hydrogen (secondary N) is 1. The van der Waals surface area contributed by atoms with Crippen molar-refractivity contribution in [2.24, 2.45) is 0 Å². The maximum Gasteiger partial charge on any atom is 0.290 e. The standard InChI is InChI=1S/C15H15ClN2O3/c1-8-11-7-10(16)3-4-12(11)21-13(8)15(20)18-6-5-17-14(19)9(18)2/h3-4,7,9H,5-6H2,1-2H3,(H,17,19). The molecule has 21 heavy (non-hydrogen) atoms. The van der Waals surface area contributed by atoms with Gasteiger partial charge in [0.25, 0.3) is 5.91 Å². The third kappa shape index (κ3) is 2.27. The van der Waals surface area contributed by atoms with E-state index in [-0.39, 0.29) is 17.6 Å². The summed E-state index contributed by atoms with van der Waals surface area (Å²) in [4.78, 5) is 25.9. The van der Waals surface area contributed by atoms with Crippen molar-refractivity contribution >= 4 is 34.4 Å². The number of carbonyl (C=O) groups is 2. The van der Waals surface area contributed by atoms with E-state index in [1.807, 2.05) is 6.92 Å². The fourth-order valence-corrected chi connectivity index (χ4v) is 2.76. The molecule has 0 radical (unpaired) electrons. The molecule has 0 saturated carbocycles. The highest BCUT2D eigenvalue weighted by molar-refractivity contribution is 6.31. The van der Waals surface area contributed by atoms with E-state index < -0.39 is 6.04 Å². The summed E-state index contributed by atoms with van der Waals surface area (Å²) in [5.41, 5.74) is 1.37. The Morgan fingerprint density at radius 1 is 1.48 bits per heavy atom. The minimum Gasteiger partial charge on any atom is -0.451 e. The molecule has 6 heteroatoms. The lowest BCUT2D eigenvalue weighted by Crippen LogP contribution is -2.55. The molecule has 2 heterocycles. The van der Waals surface area contributed by atoms with E-state index in [0.717, 1.165) is 10.9 Å². The molecule has 1 N–H and O–H groups in total. The number of furan rings is 1. The zero-order valence-electron chi connectivity index (χ0n) is 11.8. The molecule has 0 spiro atoms. The molecule has 2 amide bonds. The average Bonchev–Trinajstić information content (AvgIpc) is 2.78. The largest absolute Gasteiger partial charge is 0.451 e. The first-order valence-electron chi connectivity index (χ1n) is 6.76. The van der Waals surface area contributed by atoms with Crippen LogP contribution in [-0.2, 0) is 4.79 Å². The maximum absolute atomic E-state index is 12.7. The number of nitrogens with zero attached hydrogens (tertiary/aromatic N) is 1. The molecule has 1 aliphatic heterocycles. The summed E-state index contributed by atoms with van der Waals surface area (Å²) in [5.74, 6) is -0.137. The van der Waals surface area contributed by atoms with Gasteiger partial charge in [-0.25, -0.2) is 0 Å². The van der Waals surface area contributed by atoms with Crippen LogP contribution in [0.2, 0.25) is 5.02 Å². The van der Waals surface area contributed by atoms with Crippen LogP contribution in [0.4, 0.5) is 0 Å². The highest BCUT2D eigenvalue weighted by atomic mass is 35.5. The summed E-state index contributed by atoms with van der Waals surface area (Å²) in [6, 6.07) is 4.74. The summed E-state index contributed by atoms with van der Waals surface area (Å²) in [5, 5.41) is 4.15. The second-order valence-electron chi connectivity index (χ2n) is 5.16. The molecular weight excluding hydrogens is 292 g/mol. The van der Waals surface area contributed by atoms with Gasteiger partial charge in [-0.15, -0.1) is 0 Å². The second-order valence-corrected chi connectivity index (χ2v) is 5.60. The van der Waals surface area contributed by atoms with Gasteiger partial charge in [-0.1, -0.05) is 11.6 Å². The number of hydrogen-bond acceptors (Lipinski definition) is 3. The van der Waals surface area contributed by atoms with E-state index in [2.05, 4.69) is 5.32 Å². The fourth-order valence-electron chi connectivity index (χ4n) is 2.59. The van der Waals surface area contributed by atoms with E-state index >= 15 is 0 Å². The molecule has 1 aromatic heterocycles. The number of aryl methyl sites for hydroxylation is 1. The van der Waals surface area contributed by atoms with Crippen molar-refractivity contribution in [2.45, 2.75) is 19.9 Å². The Labute approximate surface area is 126 Å². The van der Waals surface area contributed by atoms with Crippen LogP contribution in [-0.4, -0.2) is 35.8 Å². The van der Waals surface area contributed by atoms with Gasteiger partial charge in [-0.2, -0.15) is 0 Å². The van der Waals surface area contributed by atoms with Crippen molar-refractivity contribution in [3.63, 3.8) is 0 Å². The first-order valence-corrected chi connectivity index (χ1v) is 7.14. The molecule has 110 valence electrons. The number of fused-ring (bicyclic) bond motifs is 1. The third-order valence-electron chi connectivity index (χ3n) is 3.85. The van der Waals surface area contributed by atoms with Crippen LogP contribution in [0.5, 0.6) is 0 Å². The van der Waals surface area contributed by atoms with Crippen LogP contribution in [0, 0.1) is 6.92 Å². The summed E-state index contributed by atoms with van der Waals surface area (Å²) in [6.45, 7) is 4.47. The highest BCUT2D eigenvalue weighted by Gasteiger charge is 2.32. The van der Waals surface area contributed by atoms with Gasteiger partial charge >= 0.3 is 0 Å². The second kappa shape index (κ2) is 5.07. The highest BCUT2D eigenvalue weighted by Crippen LogP contribution is 2.29. The first-order chi connectivity index (χ1) is 9.99. The van der Waals surface area contributed by atoms with E-state index in [1.54, 1.807) is 25.1 Å². The van der Waals surface area contributed by atoms with Crippen molar-refractivity contribution in [3.8, 4) is 0 Å².